The van der Waals surface area contributed by atoms with Crippen molar-refractivity contribution in [3.05, 3.63) is 0 Å². The Kier molecular flexibility index (Phi) is 4.18. The molecule has 1 aliphatic rings. The Morgan fingerprint density at radius 2 is 2.46 bits per heavy atom. The van der Waals surface area contributed by atoms with Gasteiger partial charge in [0.15, 0.2) is 0 Å². The van der Waals surface area contributed by atoms with Crippen molar-refractivity contribution >= 4 is 5.91 Å². The van der Waals surface area contributed by atoms with E-state index in [1.165, 1.54) is 0 Å². The molecule has 13 heavy (non-hydrogen) atoms. The first kappa shape index (κ1) is 10.5. The molecule has 76 valence electrons. The number of piperazine rings is 1. The van der Waals surface area contributed by atoms with E-state index in [-0.39, 0.29) is 5.91 Å². The van der Waals surface area contributed by atoms with Gasteiger partial charge in [-0.2, -0.15) is 0 Å². The molecule has 1 atom stereocenters. The van der Waals surface area contributed by atoms with Crippen LogP contribution in [-0.4, -0.2) is 50.1 Å². The predicted molar refractivity (Wildman–Crippen MR) is 52.6 cm³/mol. The lowest BCUT2D eigenvalue weighted by atomic mass is 10.2. The Morgan fingerprint density at radius 1 is 1.69 bits per heavy atom. The summed E-state index contributed by atoms with van der Waals surface area (Å²) >= 11 is 0. The molecule has 0 saturated carbocycles. The van der Waals surface area contributed by atoms with Gasteiger partial charge < -0.3 is 10.6 Å². The van der Waals surface area contributed by atoms with Crippen LogP contribution in [0.15, 0.2) is 0 Å². The lowest BCUT2D eigenvalue weighted by Gasteiger charge is -2.32. The van der Waals surface area contributed by atoms with E-state index in [0.29, 0.717) is 12.6 Å². The summed E-state index contributed by atoms with van der Waals surface area (Å²) < 4.78 is 0. The maximum Gasteiger partial charge on any atom is 0.234 e. The Morgan fingerprint density at radius 3 is 3.15 bits per heavy atom. The maximum atomic E-state index is 11.1. The monoisotopic (exact) mass is 185 g/mol. The van der Waals surface area contributed by atoms with Crippen LogP contribution in [0.2, 0.25) is 0 Å². The second-order valence-electron chi connectivity index (χ2n) is 3.58. The molecule has 0 aliphatic carbocycles. The number of rotatable bonds is 4. The van der Waals surface area contributed by atoms with Gasteiger partial charge in [-0.15, -0.1) is 0 Å². The Hall–Kier alpha value is -0.610. The standard InChI is InChI=1S/C9H19N3O/c1-8-6-11-9(13)7-12(8)5-3-4-10-2/h8,10H,3-7H2,1-2H3,(H,11,13). The zero-order chi connectivity index (χ0) is 9.68. The second-order valence-corrected chi connectivity index (χ2v) is 3.58. The zero-order valence-electron chi connectivity index (χ0n) is 8.47. The fourth-order valence-electron chi connectivity index (χ4n) is 1.55. The van der Waals surface area contributed by atoms with E-state index >= 15 is 0 Å². The molecular formula is C9H19N3O. The molecule has 0 bridgehead atoms. The van der Waals surface area contributed by atoms with E-state index in [9.17, 15) is 4.79 Å². The molecule has 4 nitrogen and oxygen atoms in total. The number of hydrogen-bond acceptors (Lipinski definition) is 3. The first-order valence-electron chi connectivity index (χ1n) is 4.89. The molecule has 0 radical (unpaired) electrons. The second kappa shape index (κ2) is 5.19. The van der Waals surface area contributed by atoms with Crippen LogP contribution in [0, 0.1) is 0 Å². The maximum absolute atomic E-state index is 11.1. The molecule has 0 spiro atoms. The third kappa shape index (κ3) is 3.32. The van der Waals surface area contributed by atoms with Crippen molar-refractivity contribution in [3.63, 3.8) is 0 Å². The van der Waals surface area contributed by atoms with E-state index in [1.54, 1.807) is 0 Å². The van der Waals surface area contributed by atoms with Gasteiger partial charge in [0.2, 0.25) is 5.91 Å². The first-order chi connectivity index (χ1) is 6.24. The Labute approximate surface area is 79.7 Å². The highest BCUT2D eigenvalue weighted by Crippen LogP contribution is 2.03. The molecular weight excluding hydrogens is 166 g/mol. The average Bonchev–Trinajstić information content (AvgIpc) is 2.11. The summed E-state index contributed by atoms with van der Waals surface area (Å²) in [6.45, 7) is 5.53. The van der Waals surface area contributed by atoms with Gasteiger partial charge in [-0.05, 0) is 26.9 Å². The van der Waals surface area contributed by atoms with E-state index in [1.807, 2.05) is 7.05 Å². The summed E-state index contributed by atoms with van der Waals surface area (Å²) in [7, 11) is 1.95. The van der Waals surface area contributed by atoms with Gasteiger partial charge in [0.05, 0.1) is 6.54 Å². The van der Waals surface area contributed by atoms with Crippen LogP contribution in [0.5, 0.6) is 0 Å². The van der Waals surface area contributed by atoms with Crippen LogP contribution in [0.1, 0.15) is 13.3 Å². The molecule has 0 aromatic carbocycles. The largest absolute Gasteiger partial charge is 0.353 e. The van der Waals surface area contributed by atoms with E-state index < -0.39 is 0 Å². The molecule has 1 amide bonds. The molecule has 1 fully saturated rings. The van der Waals surface area contributed by atoms with Crippen LogP contribution in [0.4, 0.5) is 0 Å². The first-order valence-corrected chi connectivity index (χ1v) is 4.89. The number of nitrogens with one attached hydrogen (secondary N) is 2. The molecule has 0 aromatic rings. The molecule has 0 aromatic heterocycles. The fraction of sp³-hybridized carbons (Fsp3) is 0.889. The van der Waals surface area contributed by atoms with Crippen molar-refractivity contribution in [1.29, 1.82) is 0 Å². The third-order valence-electron chi connectivity index (χ3n) is 2.44. The molecule has 1 aliphatic heterocycles. The van der Waals surface area contributed by atoms with Crippen LogP contribution in [-0.2, 0) is 4.79 Å². The van der Waals surface area contributed by atoms with Gasteiger partial charge in [0, 0.05) is 19.1 Å². The number of carbonyl (C=O) groups is 1. The van der Waals surface area contributed by atoms with Gasteiger partial charge in [-0.3, -0.25) is 9.69 Å². The smallest absolute Gasteiger partial charge is 0.234 e. The van der Waals surface area contributed by atoms with Crippen molar-refractivity contribution < 1.29 is 4.79 Å². The van der Waals surface area contributed by atoms with E-state index in [2.05, 4.69) is 22.5 Å². The SMILES string of the molecule is CNCCCN1CC(=O)NCC1C. The van der Waals surface area contributed by atoms with Gasteiger partial charge in [-0.1, -0.05) is 0 Å². The topological polar surface area (TPSA) is 44.4 Å². The molecule has 1 rings (SSSR count). The summed E-state index contributed by atoms with van der Waals surface area (Å²) in [6.07, 6.45) is 1.11. The molecule has 2 N–H and O–H groups in total. The van der Waals surface area contributed by atoms with Crippen molar-refractivity contribution in [3.8, 4) is 0 Å². The molecule has 1 saturated heterocycles. The summed E-state index contributed by atoms with van der Waals surface area (Å²) in [6, 6.07) is 0.481. The third-order valence-corrected chi connectivity index (χ3v) is 2.44. The molecule has 1 heterocycles. The normalized spacial score (nSPS) is 24.5. The Bertz CT molecular complexity index is 172. The zero-order valence-corrected chi connectivity index (χ0v) is 8.47. The minimum atomic E-state index is 0.155. The molecule has 1 unspecified atom stereocenters. The number of amides is 1. The van der Waals surface area contributed by atoms with Gasteiger partial charge >= 0.3 is 0 Å². The van der Waals surface area contributed by atoms with E-state index in [0.717, 1.165) is 26.1 Å². The van der Waals surface area contributed by atoms with Crippen molar-refractivity contribution in [2.45, 2.75) is 19.4 Å². The predicted octanol–water partition coefficient (Wildman–Crippen LogP) is -0.584. The van der Waals surface area contributed by atoms with E-state index in [4.69, 9.17) is 0 Å². The fourth-order valence-corrected chi connectivity index (χ4v) is 1.55. The summed E-state index contributed by atoms with van der Waals surface area (Å²) in [5, 5.41) is 5.96. The van der Waals surface area contributed by atoms with Crippen molar-refractivity contribution in [2.75, 3.05) is 33.2 Å². The van der Waals surface area contributed by atoms with Gasteiger partial charge in [-0.25, -0.2) is 0 Å². The van der Waals surface area contributed by atoms with Gasteiger partial charge in [0.1, 0.15) is 0 Å². The average molecular weight is 185 g/mol. The van der Waals surface area contributed by atoms with Crippen molar-refractivity contribution in [2.24, 2.45) is 0 Å². The minimum absolute atomic E-state index is 0.155. The summed E-state index contributed by atoms with van der Waals surface area (Å²) in [5.74, 6) is 0.155. The van der Waals surface area contributed by atoms with Crippen LogP contribution < -0.4 is 10.6 Å². The van der Waals surface area contributed by atoms with Gasteiger partial charge in [0.25, 0.3) is 0 Å². The van der Waals surface area contributed by atoms with Crippen LogP contribution >= 0.6 is 0 Å². The Balaban J connectivity index is 2.25. The lowest BCUT2D eigenvalue weighted by Crippen LogP contribution is -2.53. The lowest BCUT2D eigenvalue weighted by molar-refractivity contribution is -0.125. The van der Waals surface area contributed by atoms with Crippen molar-refractivity contribution in [1.82, 2.24) is 15.5 Å². The quantitative estimate of drug-likeness (QED) is 0.576. The number of hydrogen-bond donors (Lipinski definition) is 2. The number of nitrogens with zero attached hydrogens (tertiary/aromatic N) is 1. The highest BCUT2D eigenvalue weighted by atomic mass is 16.2. The van der Waals surface area contributed by atoms with Crippen LogP contribution in [0.25, 0.3) is 0 Å². The minimum Gasteiger partial charge on any atom is -0.353 e. The molecule has 4 heteroatoms. The highest BCUT2D eigenvalue weighted by Gasteiger charge is 2.21. The summed E-state index contributed by atoms with van der Waals surface area (Å²) in [5.41, 5.74) is 0. The number of carbonyl (C=O) groups excluding carboxylic acids is 1. The van der Waals surface area contributed by atoms with Crippen LogP contribution in [0.3, 0.4) is 0 Å². The summed E-state index contributed by atoms with van der Waals surface area (Å²) in [4.78, 5) is 13.3. The highest BCUT2D eigenvalue weighted by molar-refractivity contribution is 5.78.